The minimum absolute atomic E-state index is 0.289. The third-order valence-electron chi connectivity index (χ3n) is 2.29. The smallest absolute Gasteiger partial charge is 0.390 e. The molecule has 1 rings (SSSR count). The van der Waals surface area contributed by atoms with Gasteiger partial charge in [-0.3, -0.25) is 4.52 Å². The molecule has 0 aliphatic carbocycles. The van der Waals surface area contributed by atoms with Crippen LogP contribution in [0.4, 0.5) is 0 Å². The van der Waals surface area contributed by atoms with Gasteiger partial charge in [0.05, 0.1) is 18.8 Å². The molecule has 0 aromatic rings. The quantitative estimate of drug-likeness (QED) is 0.313. The Hall–Kier alpha value is 0.330. The predicted octanol–water partition coefficient (Wildman–Crippen LogP) is -0.559. The lowest BCUT2D eigenvalue weighted by Gasteiger charge is -2.20. The van der Waals surface area contributed by atoms with Crippen molar-refractivity contribution in [3.63, 3.8) is 0 Å². The molecule has 0 spiro atoms. The number of aliphatic hydroxyl groups excluding tert-OH is 1. The fourth-order valence-electron chi connectivity index (χ4n) is 1.61. The van der Waals surface area contributed by atoms with Crippen LogP contribution in [0.15, 0.2) is 0 Å². The number of nitrogens with one attached hydrogen (secondary N) is 1. The Labute approximate surface area is 119 Å². The Balaban J connectivity index is 2.56. The molecule has 0 amide bonds. The van der Waals surface area contributed by atoms with Gasteiger partial charge < -0.3 is 29.4 Å². The molecule has 1 saturated heterocycles. The molecule has 21 heavy (non-hydrogen) atoms. The molecule has 0 saturated carbocycles. The van der Waals surface area contributed by atoms with E-state index >= 15 is 0 Å². The van der Waals surface area contributed by atoms with E-state index in [4.69, 9.17) is 19.4 Å². The summed E-state index contributed by atoms with van der Waals surface area (Å²) in [5.74, 6) is 0. The summed E-state index contributed by atoms with van der Waals surface area (Å²) in [5, 5.41) is 9.51. The number of rotatable bonds is 7. The van der Waals surface area contributed by atoms with Gasteiger partial charge in [0.2, 0.25) is 0 Å². The molecule has 3 unspecified atom stereocenters. The Bertz CT molecular complexity index is 504. The maximum Gasteiger partial charge on any atom is 0.477 e. The van der Waals surface area contributed by atoms with E-state index in [1.165, 1.54) is 0 Å². The van der Waals surface area contributed by atoms with Crippen molar-refractivity contribution >= 4 is 23.3 Å². The molecule has 5 atom stereocenters. The second-order valence-electron chi connectivity index (χ2n) is 4.30. The maximum atomic E-state index is 11.5. The number of hydrogen-bond acceptors (Lipinski definition) is 7. The molecule has 12 nitrogen and oxygen atoms in total. The molecule has 126 valence electrons. The molecule has 6 N–H and O–H groups in total. The zero-order valence-electron chi connectivity index (χ0n) is 10.7. The average molecular weight is 371 g/mol. The molecule has 1 heterocycles. The van der Waals surface area contributed by atoms with E-state index in [9.17, 15) is 23.7 Å². The Morgan fingerprint density at radius 2 is 1.76 bits per heavy atom. The van der Waals surface area contributed by atoms with Crippen LogP contribution in [0.1, 0.15) is 13.3 Å². The molecular weight excluding hydrogens is 355 g/mol. The fraction of sp³-hybridized carbons (Fsp3) is 1.00. The van der Waals surface area contributed by atoms with Crippen LogP contribution in [0, 0.1) is 0 Å². The molecule has 1 aliphatic heterocycles. The predicted molar refractivity (Wildman–Crippen MR) is 66.8 cm³/mol. The summed E-state index contributed by atoms with van der Waals surface area (Å²) in [7, 11) is -15.6. The maximum absolute atomic E-state index is 11.5. The minimum atomic E-state index is -5.36. The van der Waals surface area contributed by atoms with Crippen LogP contribution in [0.2, 0.25) is 0 Å². The van der Waals surface area contributed by atoms with Crippen molar-refractivity contribution in [1.82, 2.24) is 4.86 Å². The summed E-state index contributed by atoms with van der Waals surface area (Å²) in [5.41, 5.74) is 0. The first-order valence-electron chi connectivity index (χ1n) is 5.50. The average Bonchev–Trinajstić information content (AvgIpc) is 2.48. The summed E-state index contributed by atoms with van der Waals surface area (Å²) in [6, 6.07) is 0. The van der Waals surface area contributed by atoms with E-state index in [0.29, 0.717) is 0 Å². The van der Waals surface area contributed by atoms with E-state index in [0.717, 1.165) is 4.86 Å². The van der Waals surface area contributed by atoms with Gasteiger partial charge in [0.15, 0.2) is 0 Å². The van der Waals surface area contributed by atoms with Crippen molar-refractivity contribution in [2.75, 3.05) is 6.61 Å². The lowest BCUT2D eigenvalue weighted by atomic mass is 10.1. The van der Waals surface area contributed by atoms with Crippen LogP contribution < -0.4 is 4.86 Å². The Morgan fingerprint density at radius 1 is 1.19 bits per heavy atom. The molecule has 0 aromatic heterocycles. The molecule has 0 aromatic carbocycles. The van der Waals surface area contributed by atoms with Gasteiger partial charge in [-0.15, -0.1) is 4.86 Å². The van der Waals surface area contributed by atoms with Gasteiger partial charge in [0.1, 0.15) is 6.10 Å². The van der Waals surface area contributed by atoms with E-state index in [1.54, 1.807) is 6.92 Å². The van der Waals surface area contributed by atoms with Crippen LogP contribution in [-0.2, 0) is 27.3 Å². The van der Waals surface area contributed by atoms with Crippen LogP contribution in [0.3, 0.4) is 0 Å². The highest BCUT2D eigenvalue weighted by Gasteiger charge is 2.40. The highest BCUT2D eigenvalue weighted by atomic mass is 31.3. The van der Waals surface area contributed by atoms with Crippen LogP contribution >= 0.6 is 23.3 Å². The van der Waals surface area contributed by atoms with Crippen LogP contribution in [0.5, 0.6) is 0 Å². The lowest BCUT2D eigenvalue weighted by molar-refractivity contribution is -0.0132. The van der Waals surface area contributed by atoms with Crippen molar-refractivity contribution in [3.05, 3.63) is 0 Å². The summed E-state index contributed by atoms with van der Waals surface area (Å²) in [6.45, 7) is 1.08. The van der Waals surface area contributed by atoms with E-state index in [-0.39, 0.29) is 12.5 Å². The molecule has 15 heteroatoms. The number of ether oxygens (including phenoxy) is 1. The summed E-state index contributed by atoms with van der Waals surface area (Å²) < 4.78 is 46.1. The molecular formula is C6H16NO11P3. The topological polar surface area (TPSA) is 192 Å². The molecule has 0 bridgehead atoms. The number of aliphatic hydroxyl groups is 1. The Morgan fingerprint density at radius 3 is 2.19 bits per heavy atom. The summed E-state index contributed by atoms with van der Waals surface area (Å²) in [6.07, 6.45) is -1.85. The van der Waals surface area contributed by atoms with Crippen molar-refractivity contribution in [3.8, 4) is 0 Å². The highest BCUT2D eigenvalue weighted by Crippen LogP contribution is 2.60. The Kier molecular flexibility index (Phi) is 6.31. The zero-order chi connectivity index (χ0) is 16.5. The van der Waals surface area contributed by atoms with Crippen LogP contribution in [0.25, 0.3) is 0 Å². The van der Waals surface area contributed by atoms with Gasteiger partial charge in [-0.05, 0) is 6.92 Å². The third-order valence-corrected chi connectivity index (χ3v) is 6.55. The second-order valence-corrected chi connectivity index (χ2v) is 9.07. The SMILES string of the molecule is C[C@@H]1CC(O)[C@H](COP(=O)(O)NP(=O)(O)OP(=O)(O)O)O1. The number of hydrogen-bond donors (Lipinski definition) is 6. The highest BCUT2D eigenvalue weighted by molar-refractivity contribution is 7.70. The molecule has 1 aliphatic rings. The zero-order valence-corrected chi connectivity index (χ0v) is 13.4. The van der Waals surface area contributed by atoms with E-state index < -0.39 is 42.1 Å². The van der Waals surface area contributed by atoms with E-state index in [2.05, 4.69) is 8.83 Å². The standard InChI is InChI=1S/C6H16NO11P3/c1-4-2-5(8)6(17-4)3-16-19(9,10)7-20(11,12)18-21(13,14)15/h4-6,8H,2-3H2,1H3,(H2,13,14,15)(H3,7,9,10,11,12)/t4-,5?,6+/m1/s1. The van der Waals surface area contributed by atoms with Gasteiger partial charge in [-0.25, -0.2) is 13.7 Å². The first-order chi connectivity index (χ1) is 9.30. The van der Waals surface area contributed by atoms with Gasteiger partial charge in [0, 0.05) is 6.42 Å². The monoisotopic (exact) mass is 371 g/mol. The third kappa shape index (κ3) is 7.43. The van der Waals surface area contributed by atoms with E-state index in [1.807, 2.05) is 0 Å². The van der Waals surface area contributed by atoms with Crippen LogP contribution in [-0.4, -0.2) is 49.6 Å². The second kappa shape index (κ2) is 6.84. The van der Waals surface area contributed by atoms with Crippen molar-refractivity contribution < 1.29 is 51.9 Å². The number of phosphoric acid groups is 1. The minimum Gasteiger partial charge on any atom is -0.390 e. The largest absolute Gasteiger partial charge is 0.477 e. The first-order valence-corrected chi connectivity index (χ1v) is 10.2. The molecule has 1 fully saturated rings. The van der Waals surface area contributed by atoms with Gasteiger partial charge >= 0.3 is 23.3 Å². The molecule has 0 radical (unpaired) electrons. The van der Waals surface area contributed by atoms with Gasteiger partial charge in [0.25, 0.3) is 0 Å². The van der Waals surface area contributed by atoms with Crippen molar-refractivity contribution in [2.45, 2.75) is 31.7 Å². The summed E-state index contributed by atoms with van der Waals surface area (Å²) >= 11 is 0. The van der Waals surface area contributed by atoms with Gasteiger partial charge in [-0.1, -0.05) is 0 Å². The van der Waals surface area contributed by atoms with Crippen molar-refractivity contribution in [2.24, 2.45) is 0 Å². The lowest BCUT2D eigenvalue weighted by Crippen LogP contribution is -2.27. The van der Waals surface area contributed by atoms with Crippen molar-refractivity contribution in [1.29, 1.82) is 0 Å². The summed E-state index contributed by atoms with van der Waals surface area (Å²) in [4.78, 5) is 36.1. The first kappa shape index (κ1) is 19.4. The van der Waals surface area contributed by atoms with Gasteiger partial charge in [-0.2, -0.15) is 4.31 Å². The normalized spacial score (nSPS) is 32.6. The fourth-order valence-corrected chi connectivity index (χ4v) is 5.10.